The van der Waals surface area contributed by atoms with Crippen LogP contribution in [-0.2, 0) is 9.53 Å². The van der Waals surface area contributed by atoms with Gasteiger partial charge in [0.05, 0.1) is 18.7 Å². The van der Waals surface area contributed by atoms with Crippen LogP contribution < -0.4 is 4.90 Å². The minimum absolute atomic E-state index is 0.0902. The smallest absolute Gasteiger partial charge is 0.328 e. The SMILES string of the molecule is COC(=O)C1CCCN1c1c(F)cc(C#N)cc1F. The summed E-state index contributed by atoms with van der Waals surface area (Å²) in [5, 5.41) is 8.65. The molecule has 4 nitrogen and oxygen atoms in total. The zero-order valence-electron chi connectivity index (χ0n) is 10.3. The van der Waals surface area contributed by atoms with E-state index in [9.17, 15) is 13.6 Å². The maximum absolute atomic E-state index is 13.9. The summed E-state index contributed by atoms with van der Waals surface area (Å²) >= 11 is 0. The number of nitrogens with zero attached hydrogens (tertiary/aromatic N) is 2. The highest BCUT2D eigenvalue weighted by molar-refractivity contribution is 5.81. The molecule has 0 bridgehead atoms. The molecule has 1 aliphatic rings. The van der Waals surface area contributed by atoms with E-state index in [4.69, 9.17) is 5.26 Å². The van der Waals surface area contributed by atoms with Gasteiger partial charge in [0.1, 0.15) is 11.7 Å². The lowest BCUT2D eigenvalue weighted by Crippen LogP contribution is -2.38. The van der Waals surface area contributed by atoms with Gasteiger partial charge in [-0.05, 0) is 25.0 Å². The molecule has 2 rings (SSSR count). The molecule has 19 heavy (non-hydrogen) atoms. The molecule has 1 aliphatic heterocycles. The van der Waals surface area contributed by atoms with E-state index in [2.05, 4.69) is 4.74 Å². The van der Waals surface area contributed by atoms with Gasteiger partial charge in [-0.25, -0.2) is 13.6 Å². The normalized spacial score (nSPS) is 18.2. The van der Waals surface area contributed by atoms with Gasteiger partial charge in [-0.15, -0.1) is 0 Å². The van der Waals surface area contributed by atoms with E-state index >= 15 is 0 Å². The molecule has 6 heteroatoms. The summed E-state index contributed by atoms with van der Waals surface area (Å²) in [6.45, 7) is 0.375. The number of hydrogen-bond acceptors (Lipinski definition) is 4. The second-order valence-electron chi connectivity index (χ2n) is 4.27. The van der Waals surface area contributed by atoms with Crippen molar-refractivity contribution < 1.29 is 18.3 Å². The quantitative estimate of drug-likeness (QED) is 0.768. The number of halogens is 2. The fourth-order valence-electron chi connectivity index (χ4n) is 2.32. The minimum Gasteiger partial charge on any atom is -0.467 e. The topological polar surface area (TPSA) is 53.3 Å². The first-order valence-electron chi connectivity index (χ1n) is 5.82. The lowest BCUT2D eigenvalue weighted by Gasteiger charge is -2.25. The summed E-state index contributed by atoms with van der Waals surface area (Å²) in [5.74, 6) is -2.19. The molecule has 1 aromatic rings. The molecule has 0 N–H and O–H groups in total. The van der Waals surface area contributed by atoms with E-state index in [1.807, 2.05) is 0 Å². The first-order valence-corrected chi connectivity index (χ1v) is 5.82. The molecule has 0 radical (unpaired) electrons. The molecule has 1 unspecified atom stereocenters. The van der Waals surface area contributed by atoms with Crippen molar-refractivity contribution in [3.05, 3.63) is 29.3 Å². The first kappa shape index (κ1) is 13.3. The Morgan fingerprint density at radius 3 is 2.63 bits per heavy atom. The molecular weight excluding hydrogens is 254 g/mol. The molecule has 1 heterocycles. The van der Waals surface area contributed by atoms with Gasteiger partial charge in [-0.2, -0.15) is 5.26 Å². The third kappa shape index (κ3) is 2.36. The van der Waals surface area contributed by atoms with Gasteiger partial charge in [0, 0.05) is 6.54 Å². The number of anilines is 1. The first-order chi connectivity index (χ1) is 9.08. The number of esters is 1. The largest absolute Gasteiger partial charge is 0.467 e. The van der Waals surface area contributed by atoms with Gasteiger partial charge in [-0.1, -0.05) is 0 Å². The van der Waals surface area contributed by atoms with Crippen LogP contribution in [0.3, 0.4) is 0 Å². The van der Waals surface area contributed by atoms with E-state index in [0.717, 1.165) is 12.1 Å². The van der Waals surface area contributed by atoms with Crippen LogP contribution in [0.2, 0.25) is 0 Å². The number of methoxy groups -OCH3 is 1. The average molecular weight is 266 g/mol. The van der Waals surface area contributed by atoms with Crippen molar-refractivity contribution in [2.45, 2.75) is 18.9 Å². The number of ether oxygens (including phenoxy) is 1. The molecule has 0 saturated carbocycles. The van der Waals surface area contributed by atoms with Crippen LogP contribution in [0, 0.1) is 23.0 Å². The maximum Gasteiger partial charge on any atom is 0.328 e. The van der Waals surface area contributed by atoms with Crippen LogP contribution in [0.25, 0.3) is 0 Å². The molecule has 0 aliphatic carbocycles. The predicted molar refractivity (Wildman–Crippen MR) is 63.5 cm³/mol. The second kappa shape index (κ2) is 5.22. The van der Waals surface area contributed by atoms with Gasteiger partial charge < -0.3 is 9.64 Å². The second-order valence-corrected chi connectivity index (χ2v) is 4.27. The number of carbonyl (C=O) groups is 1. The molecule has 0 amide bonds. The molecule has 1 fully saturated rings. The monoisotopic (exact) mass is 266 g/mol. The van der Waals surface area contributed by atoms with Gasteiger partial charge in [0.2, 0.25) is 0 Å². The number of rotatable bonds is 2. The highest BCUT2D eigenvalue weighted by Crippen LogP contribution is 2.31. The standard InChI is InChI=1S/C13H12F2N2O2/c1-19-13(18)11-3-2-4-17(11)12-9(14)5-8(7-16)6-10(12)15/h5-6,11H,2-4H2,1H3. The predicted octanol–water partition coefficient (Wildman–Crippen LogP) is 1.98. The number of carbonyl (C=O) groups excluding carboxylic acids is 1. The Hall–Kier alpha value is -2.16. The summed E-state index contributed by atoms with van der Waals surface area (Å²) in [4.78, 5) is 12.9. The molecular formula is C13H12F2N2O2. The van der Waals surface area contributed by atoms with Crippen LogP contribution in [0.4, 0.5) is 14.5 Å². The maximum atomic E-state index is 13.9. The summed E-state index contributed by atoms with van der Waals surface area (Å²) in [6, 6.07) is 2.93. The molecule has 0 spiro atoms. The highest BCUT2D eigenvalue weighted by Gasteiger charge is 2.34. The zero-order chi connectivity index (χ0) is 14.0. The fraction of sp³-hybridized carbons (Fsp3) is 0.385. The summed E-state index contributed by atoms with van der Waals surface area (Å²) in [7, 11) is 1.24. The Balaban J connectivity index is 2.42. The fourth-order valence-corrected chi connectivity index (χ4v) is 2.32. The van der Waals surface area contributed by atoms with Crippen LogP contribution in [0.15, 0.2) is 12.1 Å². The van der Waals surface area contributed by atoms with Crippen molar-refractivity contribution in [2.75, 3.05) is 18.6 Å². The lowest BCUT2D eigenvalue weighted by atomic mass is 10.1. The van der Waals surface area contributed by atoms with Crippen LogP contribution in [-0.4, -0.2) is 25.7 Å². The van der Waals surface area contributed by atoms with Crippen molar-refractivity contribution in [1.29, 1.82) is 5.26 Å². The Kier molecular flexibility index (Phi) is 3.65. The Bertz CT molecular complexity index is 531. The average Bonchev–Trinajstić information content (AvgIpc) is 2.86. The lowest BCUT2D eigenvalue weighted by molar-refractivity contribution is -0.141. The van der Waals surface area contributed by atoms with E-state index in [0.29, 0.717) is 19.4 Å². The van der Waals surface area contributed by atoms with Crippen LogP contribution >= 0.6 is 0 Å². The molecule has 1 saturated heterocycles. The number of benzene rings is 1. The molecule has 100 valence electrons. The van der Waals surface area contributed by atoms with Crippen molar-refractivity contribution in [3.63, 3.8) is 0 Å². The van der Waals surface area contributed by atoms with E-state index < -0.39 is 23.6 Å². The van der Waals surface area contributed by atoms with E-state index in [-0.39, 0.29) is 11.3 Å². The van der Waals surface area contributed by atoms with Gasteiger partial charge in [0.15, 0.2) is 11.6 Å². The van der Waals surface area contributed by atoms with E-state index in [1.54, 1.807) is 6.07 Å². The number of hydrogen-bond donors (Lipinski definition) is 0. The van der Waals surface area contributed by atoms with Crippen molar-refractivity contribution in [2.24, 2.45) is 0 Å². The summed E-state index contributed by atoms with van der Waals surface area (Å²) in [6.07, 6.45) is 1.14. The number of nitriles is 1. The van der Waals surface area contributed by atoms with Gasteiger partial charge in [0.25, 0.3) is 0 Å². The Labute approximate surface area is 109 Å². The van der Waals surface area contributed by atoms with Gasteiger partial charge >= 0.3 is 5.97 Å². The minimum atomic E-state index is -0.840. The summed E-state index contributed by atoms with van der Waals surface area (Å²) in [5.41, 5.74) is -0.362. The Morgan fingerprint density at radius 1 is 1.47 bits per heavy atom. The Morgan fingerprint density at radius 2 is 2.11 bits per heavy atom. The van der Waals surface area contributed by atoms with Crippen molar-refractivity contribution in [1.82, 2.24) is 0 Å². The van der Waals surface area contributed by atoms with Crippen LogP contribution in [0.1, 0.15) is 18.4 Å². The molecule has 1 atom stereocenters. The molecule has 1 aromatic carbocycles. The van der Waals surface area contributed by atoms with Gasteiger partial charge in [-0.3, -0.25) is 0 Å². The molecule has 0 aromatic heterocycles. The van der Waals surface area contributed by atoms with Crippen molar-refractivity contribution in [3.8, 4) is 6.07 Å². The third-order valence-corrected chi connectivity index (χ3v) is 3.16. The summed E-state index contributed by atoms with van der Waals surface area (Å²) < 4.78 is 32.4. The zero-order valence-corrected chi connectivity index (χ0v) is 10.3. The van der Waals surface area contributed by atoms with Crippen LogP contribution in [0.5, 0.6) is 0 Å². The van der Waals surface area contributed by atoms with E-state index in [1.165, 1.54) is 12.0 Å². The van der Waals surface area contributed by atoms with Crippen molar-refractivity contribution >= 4 is 11.7 Å². The highest BCUT2D eigenvalue weighted by atomic mass is 19.1. The third-order valence-electron chi connectivity index (χ3n) is 3.16.